The number of ether oxygens (including phenoxy) is 1. The standard InChI is InChI=1S/C10H10FNO2/c1-6-2-3-7(8(11)4-6)9-5-14-10(13)12-9/h2-4,9H,5H2,1H3,(H,12,13)/t9-/m1/s1. The summed E-state index contributed by atoms with van der Waals surface area (Å²) in [5.74, 6) is -0.305. The lowest BCUT2D eigenvalue weighted by Crippen LogP contribution is -2.19. The quantitative estimate of drug-likeness (QED) is 0.743. The van der Waals surface area contributed by atoms with Gasteiger partial charge in [0.1, 0.15) is 12.4 Å². The van der Waals surface area contributed by atoms with E-state index < -0.39 is 6.09 Å². The van der Waals surface area contributed by atoms with E-state index in [1.807, 2.05) is 13.0 Å². The molecule has 0 aromatic heterocycles. The topological polar surface area (TPSA) is 38.3 Å². The Morgan fingerprint density at radius 1 is 1.57 bits per heavy atom. The summed E-state index contributed by atoms with van der Waals surface area (Å²) < 4.78 is 18.1. The van der Waals surface area contributed by atoms with Crippen molar-refractivity contribution >= 4 is 6.09 Å². The summed E-state index contributed by atoms with van der Waals surface area (Å²) in [5.41, 5.74) is 1.33. The van der Waals surface area contributed by atoms with Crippen molar-refractivity contribution in [3.8, 4) is 0 Å². The van der Waals surface area contributed by atoms with Crippen molar-refractivity contribution in [3.05, 3.63) is 35.1 Å². The lowest BCUT2D eigenvalue weighted by Gasteiger charge is -2.08. The molecule has 0 spiro atoms. The molecular weight excluding hydrogens is 185 g/mol. The maximum Gasteiger partial charge on any atom is 0.407 e. The highest BCUT2D eigenvalue weighted by molar-refractivity contribution is 5.70. The largest absolute Gasteiger partial charge is 0.447 e. The van der Waals surface area contributed by atoms with E-state index in [1.54, 1.807) is 6.07 Å². The van der Waals surface area contributed by atoms with Gasteiger partial charge in [0.15, 0.2) is 0 Å². The first-order chi connectivity index (χ1) is 6.66. The number of benzene rings is 1. The number of halogens is 1. The normalized spacial score (nSPS) is 20.4. The molecule has 0 unspecified atom stereocenters. The molecular formula is C10H10FNO2. The average molecular weight is 195 g/mol. The van der Waals surface area contributed by atoms with E-state index >= 15 is 0 Å². The number of alkyl carbamates (subject to hydrolysis) is 1. The maximum atomic E-state index is 13.4. The minimum Gasteiger partial charge on any atom is -0.447 e. The molecule has 1 aliphatic rings. The Balaban J connectivity index is 2.28. The van der Waals surface area contributed by atoms with Crippen molar-refractivity contribution in [1.82, 2.24) is 5.32 Å². The van der Waals surface area contributed by atoms with E-state index in [1.165, 1.54) is 6.07 Å². The Morgan fingerprint density at radius 3 is 2.93 bits per heavy atom. The number of hydrogen-bond acceptors (Lipinski definition) is 2. The fourth-order valence-electron chi connectivity index (χ4n) is 1.47. The molecule has 1 aromatic rings. The summed E-state index contributed by atoms with van der Waals surface area (Å²) >= 11 is 0. The van der Waals surface area contributed by atoms with Gasteiger partial charge < -0.3 is 10.1 Å². The fourth-order valence-corrected chi connectivity index (χ4v) is 1.47. The molecule has 14 heavy (non-hydrogen) atoms. The molecule has 1 N–H and O–H groups in total. The van der Waals surface area contributed by atoms with Crippen LogP contribution >= 0.6 is 0 Å². The molecule has 0 bridgehead atoms. The summed E-state index contributed by atoms with van der Waals surface area (Å²) in [4.78, 5) is 10.7. The van der Waals surface area contributed by atoms with Gasteiger partial charge in [0, 0.05) is 5.56 Å². The van der Waals surface area contributed by atoms with Gasteiger partial charge in [-0.05, 0) is 18.6 Å². The molecule has 1 fully saturated rings. The summed E-state index contributed by atoms with van der Waals surface area (Å²) in [5, 5.41) is 2.53. The van der Waals surface area contributed by atoms with Crippen molar-refractivity contribution in [1.29, 1.82) is 0 Å². The molecule has 1 saturated heterocycles. The van der Waals surface area contributed by atoms with Crippen LogP contribution in [0.25, 0.3) is 0 Å². The van der Waals surface area contributed by atoms with Crippen LogP contribution in [-0.4, -0.2) is 12.7 Å². The first-order valence-corrected chi connectivity index (χ1v) is 4.36. The zero-order valence-corrected chi connectivity index (χ0v) is 7.71. The van der Waals surface area contributed by atoms with Crippen LogP contribution in [0, 0.1) is 12.7 Å². The predicted molar refractivity (Wildman–Crippen MR) is 48.4 cm³/mol. The van der Waals surface area contributed by atoms with Crippen LogP contribution in [0.1, 0.15) is 17.2 Å². The van der Waals surface area contributed by atoms with Gasteiger partial charge in [-0.1, -0.05) is 12.1 Å². The van der Waals surface area contributed by atoms with E-state index in [0.29, 0.717) is 5.56 Å². The number of carbonyl (C=O) groups excluding carboxylic acids is 1. The van der Waals surface area contributed by atoms with Crippen LogP contribution < -0.4 is 5.32 Å². The summed E-state index contributed by atoms with van der Waals surface area (Å²) in [6.45, 7) is 2.01. The Kier molecular flexibility index (Phi) is 2.11. The first kappa shape index (κ1) is 8.99. The van der Waals surface area contributed by atoms with Gasteiger partial charge in [0.25, 0.3) is 0 Å². The third-order valence-corrected chi connectivity index (χ3v) is 2.20. The summed E-state index contributed by atoms with van der Waals surface area (Å²) in [6.07, 6.45) is -0.491. The molecule has 0 radical (unpaired) electrons. The number of cyclic esters (lactones) is 1. The first-order valence-electron chi connectivity index (χ1n) is 4.36. The predicted octanol–water partition coefficient (Wildman–Crippen LogP) is 1.92. The maximum absolute atomic E-state index is 13.4. The SMILES string of the molecule is Cc1ccc([C@H]2COC(=O)N2)c(F)c1. The second-order valence-electron chi connectivity index (χ2n) is 3.32. The lowest BCUT2D eigenvalue weighted by molar-refractivity contribution is 0.177. The Bertz CT molecular complexity index is 378. The fraction of sp³-hybridized carbons (Fsp3) is 0.300. The van der Waals surface area contributed by atoms with Crippen LogP contribution in [0.3, 0.4) is 0 Å². The van der Waals surface area contributed by atoms with E-state index in [4.69, 9.17) is 0 Å². The van der Waals surface area contributed by atoms with E-state index in [0.717, 1.165) is 5.56 Å². The van der Waals surface area contributed by atoms with Crippen LogP contribution in [0.5, 0.6) is 0 Å². The molecule has 1 amide bonds. The molecule has 0 aliphatic carbocycles. The van der Waals surface area contributed by atoms with Gasteiger partial charge in [0.2, 0.25) is 0 Å². The number of hydrogen-bond donors (Lipinski definition) is 1. The highest BCUT2D eigenvalue weighted by Gasteiger charge is 2.25. The van der Waals surface area contributed by atoms with Crippen molar-refractivity contribution < 1.29 is 13.9 Å². The summed E-state index contributed by atoms with van der Waals surface area (Å²) in [7, 11) is 0. The molecule has 1 atom stereocenters. The van der Waals surface area contributed by atoms with Crippen LogP contribution in [0.4, 0.5) is 9.18 Å². The Hall–Kier alpha value is -1.58. The molecule has 4 heteroatoms. The van der Waals surface area contributed by atoms with Gasteiger partial charge >= 0.3 is 6.09 Å². The van der Waals surface area contributed by atoms with Crippen LogP contribution in [0.2, 0.25) is 0 Å². The zero-order valence-electron chi connectivity index (χ0n) is 7.71. The zero-order chi connectivity index (χ0) is 10.1. The third-order valence-electron chi connectivity index (χ3n) is 2.20. The average Bonchev–Trinajstić information content (AvgIpc) is 2.51. The second kappa shape index (κ2) is 3.29. The number of carbonyl (C=O) groups is 1. The minimum atomic E-state index is -0.491. The second-order valence-corrected chi connectivity index (χ2v) is 3.32. The van der Waals surface area contributed by atoms with Gasteiger partial charge in [0.05, 0.1) is 6.04 Å². The van der Waals surface area contributed by atoms with E-state index in [9.17, 15) is 9.18 Å². The van der Waals surface area contributed by atoms with Crippen molar-refractivity contribution in [2.45, 2.75) is 13.0 Å². The number of amides is 1. The van der Waals surface area contributed by atoms with Crippen LogP contribution in [-0.2, 0) is 4.74 Å². The highest BCUT2D eigenvalue weighted by Crippen LogP contribution is 2.21. The minimum absolute atomic E-state index is 0.193. The molecule has 0 saturated carbocycles. The van der Waals surface area contributed by atoms with Gasteiger partial charge in [-0.2, -0.15) is 0 Å². The monoisotopic (exact) mass is 195 g/mol. The van der Waals surface area contributed by atoms with Crippen LogP contribution in [0.15, 0.2) is 18.2 Å². The third kappa shape index (κ3) is 1.55. The smallest absolute Gasteiger partial charge is 0.407 e. The Morgan fingerprint density at radius 2 is 2.36 bits per heavy atom. The summed E-state index contributed by atoms with van der Waals surface area (Å²) in [6, 6.07) is 4.57. The van der Waals surface area contributed by atoms with Gasteiger partial charge in [-0.15, -0.1) is 0 Å². The molecule has 3 nitrogen and oxygen atoms in total. The van der Waals surface area contributed by atoms with E-state index in [-0.39, 0.29) is 18.5 Å². The van der Waals surface area contributed by atoms with Crippen molar-refractivity contribution in [2.75, 3.05) is 6.61 Å². The lowest BCUT2D eigenvalue weighted by atomic mass is 10.1. The number of nitrogens with one attached hydrogen (secondary N) is 1. The molecule has 2 rings (SSSR count). The van der Waals surface area contributed by atoms with E-state index in [2.05, 4.69) is 10.1 Å². The molecule has 74 valence electrons. The molecule has 1 aromatic carbocycles. The molecule has 1 heterocycles. The van der Waals surface area contributed by atoms with Gasteiger partial charge in [-0.25, -0.2) is 9.18 Å². The van der Waals surface area contributed by atoms with Crippen molar-refractivity contribution in [2.24, 2.45) is 0 Å². The van der Waals surface area contributed by atoms with Crippen molar-refractivity contribution in [3.63, 3.8) is 0 Å². The van der Waals surface area contributed by atoms with Gasteiger partial charge in [-0.3, -0.25) is 0 Å². The Labute approximate surface area is 80.9 Å². The highest BCUT2D eigenvalue weighted by atomic mass is 19.1. The molecule has 1 aliphatic heterocycles. The number of rotatable bonds is 1. The number of aryl methyl sites for hydroxylation is 1.